The summed E-state index contributed by atoms with van der Waals surface area (Å²) in [4.78, 5) is 16.6. The van der Waals surface area contributed by atoms with Gasteiger partial charge in [-0.15, -0.1) is 0 Å². The van der Waals surface area contributed by atoms with Gasteiger partial charge in [-0.05, 0) is 38.2 Å². The number of anilines is 1. The van der Waals surface area contributed by atoms with Crippen LogP contribution in [0.2, 0.25) is 0 Å². The molecule has 0 aliphatic carbocycles. The fraction of sp³-hybridized carbons (Fsp3) is 0.375. The Balaban J connectivity index is 1.74. The fourth-order valence-corrected chi connectivity index (χ4v) is 2.70. The summed E-state index contributed by atoms with van der Waals surface area (Å²) in [6, 6.07) is 8.31. The van der Waals surface area contributed by atoms with Gasteiger partial charge in [0.2, 0.25) is 0 Å². The van der Waals surface area contributed by atoms with E-state index in [0.29, 0.717) is 11.8 Å². The van der Waals surface area contributed by atoms with E-state index >= 15 is 0 Å². The molecule has 1 N–H and O–H groups in total. The summed E-state index contributed by atoms with van der Waals surface area (Å²) in [5.74, 6) is -0.00379. The van der Waals surface area contributed by atoms with E-state index in [1.165, 1.54) is 0 Å². The number of carbonyl (C=O) groups excluding carboxylic acids is 1. The zero-order valence-electron chi connectivity index (χ0n) is 12.4. The lowest BCUT2D eigenvalue weighted by Crippen LogP contribution is -2.37. The lowest BCUT2D eigenvalue weighted by molar-refractivity contribution is -0.123. The molecule has 0 unspecified atom stereocenters. The Hall–Kier alpha value is -2.14. The number of hydrazone groups is 1. The predicted octanol–water partition coefficient (Wildman–Crippen LogP) is 1.64. The van der Waals surface area contributed by atoms with Gasteiger partial charge in [-0.1, -0.05) is 24.3 Å². The van der Waals surface area contributed by atoms with Crippen molar-refractivity contribution < 1.29 is 4.79 Å². The molecule has 21 heavy (non-hydrogen) atoms. The van der Waals surface area contributed by atoms with E-state index in [4.69, 9.17) is 0 Å². The Morgan fingerprint density at radius 2 is 2.14 bits per heavy atom. The molecule has 5 heteroatoms. The zero-order valence-corrected chi connectivity index (χ0v) is 12.4. The second kappa shape index (κ2) is 5.69. The van der Waals surface area contributed by atoms with Crippen LogP contribution in [0.4, 0.5) is 5.69 Å². The van der Waals surface area contributed by atoms with Gasteiger partial charge in [0.05, 0.1) is 5.69 Å². The molecular formula is C16H20N4O. The number of fused-ring (bicyclic) bond motifs is 1. The first-order valence-corrected chi connectivity index (χ1v) is 7.21. The number of nitrogens with one attached hydrogen (secondary N) is 1. The third-order valence-electron chi connectivity index (χ3n) is 4.08. The molecule has 1 aromatic rings. The van der Waals surface area contributed by atoms with Crippen LogP contribution in [0.1, 0.15) is 12.0 Å². The van der Waals surface area contributed by atoms with Crippen molar-refractivity contribution in [3.63, 3.8) is 0 Å². The number of likely N-dealkylation sites (N-methyl/N-ethyl adjacent to an activating group) is 1. The molecule has 3 rings (SSSR count). The highest BCUT2D eigenvalue weighted by Gasteiger charge is 2.29. The van der Waals surface area contributed by atoms with Crippen LogP contribution in [-0.2, 0) is 4.79 Å². The Bertz CT molecular complexity index is 606. The number of carbonyl (C=O) groups is 1. The average Bonchev–Trinajstić information content (AvgIpc) is 2.88. The summed E-state index contributed by atoms with van der Waals surface area (Å²) in [6.45, 7) is 1.56. The van der Waals surface area contributed by atoms with Crippen LogP contribution < -0.4 is 5.43 Å². The standard InChI is InChI=1S/C16H20N4O/c1-19(2)13-9-10-20(11-13)16(21)15-8-7-12-5-3-4-6-14(12)17-18-15/h3-8,13,17H,9-11H2,1-2H3/t13-/m1/s1. The summed E-state index contributed by atoms with van der Waals surface area (Å²) in [7, 11) is 4.11. The fourth-order valence-electron chi connectivity index (χ4n) is 2.70. The molecule has 2 aliphatic rings. The number of para-hydroxylation sites is 1. The lowest BCUT2D eigenvalue weighted by Gasteiger charge is -2.20. The number of nitrogens with zero attached hydrogens (tertiary/aromatic N) is 3. The molecule has 1 atom stereocenters. The molecule has 0 radical (unpaired) electrons. The van der Waals surface area contributed by atoms with Crippen molar-refractivity contribution in [3.8, 4) is 0 Å². The molecule has 0 spiro atoms. The van der Waals surface area contributed by atoms with Crippen molar-refractivity contribution in [2.75, 3.05) is 32.6 Å². The van der Waals surface area contributed by atoms with Crippen LogP contribution in [0.15, 0.2) is 35.4 Å². The van der Waals surface area contributed by atoms with Gasteiger partial charge in [-0.25, -0.2) is 0 Å². The lowest BCUT2D eigenvalue weighted by atomic mass is 10.1. The van der Waals surface area contributed by atoms with Crippen LogP contribution >= 0.6 is 0 Å². The van der Waals surface area contributed by atoms with E-state index < -0.39 is 0 Å². The molecule has 2 heterocycles. The predicted molar refractivity (Wildman–Crippen MR) is 85.2 cm³/mol. The summed E-state index contributed by atoms with van der Waals surface area (Å²) in [5, 5.41) is 4.25. The minimum Gasteiger partial charge on any atom is -0.336 e. The first-order chi connectivity index (χ1) is 10.1. The van der Waals surface area contributed by atoms with Gasteiger partial charge in [0.15, 0.2) is 0 Å². The van der Waals surface area contributed by atoms with Crippen molar-refractivity contribution in [2.24, 2.45) is 5.10 Å². The van der Waals surface area contributed by atoms with E-state index in [-0.39, 0.29) is 5.91 Å². The summed E-state index contributed by atoms with van der Waals surface area (Å²) in [6.07, 6.45) is 4.75. The molecule has 110 valence electrons. The van der Waals surface area contributed by atoms with E-state index in [1.54, 1.807) is 6.08 Å². The SMILES string of the molecule is CN(C)[C@@H]1CCN(C(=O)C2=NNc3ccccc3C=C2)C1. The van der Waals surface area contributed by atoms with Crippen LogP contribution in [0.3, 0.4) is 0 Å². The van der Waals surface area contributed by atoms with Gasteiger partial charge < -0.3 is 9.80 Å². The molecule has 2 aliphatic heterocycles. The summed E-state index contributed by atoms with van der Waals surface area (Å²) < 4.78 is 0. The number of hydrogen-bond donors (Lipinski definition) is 1. The van der Waals surface area contributed by atoms with Crippen molar-refractivity contribution in [2.45, 2.75) is 12.5 Å². The smallest absolute Gasteiger partial charge is 0.274 e. The van der Waals surface area contributed by atoms with Crippen LogP contribution in [0.5, 0.6) is 0 Å². The Labute approximate surface area is 124 Å². The minimum absolute atomic E-state index is 0.00379. The molecule has 0 bridgehead atoms. The number of benzene rings is 1. The molecule has 5 nitrogen and oxygen atoms in total. The monoisotopic (exact) mass is 284 g/mol. The maximum atomic E-state index is 12.6. The first-order valence-electron chi connectivity index (χ1n) is 7.21. The second-order valence-corrected chi connectivity index (χ2v) is 5.69. The van der Waals surface area contributed by atoms with E-state index in [2.05, 4.69) is 29.5 Å². The Kier molecular flexibility index (Phi) is 3.75. The summed E-state index contributed by atoms with van der Waals surface area (Å²) in [5.41, 5.74) is 5.40. The Morgan fingerprint density at radius 1 is 1.33 bits per heavy atom. The largest absolute Gasteiger partial charge is 0.336 e. The zero-order chi connectivity index (χ0) is 14.8. The normalized spacial score (nSPS) is 20.8. The van der Waals surface area contributed by atoms with E-state index in [9.17, 15) is 4.79 Å². The highest BCUT2D eigenvalue weighted by Crippen LogP contribution is 2.20. The quantitative estimate of drug-likeness (QED) is 0.898. The molecule has 0 aromatic heterocycles. The maximum Gasteiger partial charge on any atom is 0.274 e. The van der Waals surface area contributed by atoms with Crippen LogP contribution in [0, 0.1) is 0 Å². The van der Waals surface area contributed by atoms with Crippen LogP contribution in [-0.4, -0.2) is 54.6 Å². The molecular weight excluding hydrogens is 264 g/mol. The highest BCUT2D eigenvalue weighted by atomic mass is 16.2. The number of hydrogen-bond acceptors (Lipinski definition) is 4. The van der Waals surface area contributed by atoms with Gasteiger partial charge in [0.25, 0.3) is 5.91 Å². The van der Waals surface area contributed by atoms with Gasteiger partial charge >= 0.3 is 0 Å². The first kappa shape index (κ1) is 13.8. The van der Waals surface area contributed by atoms with Gasteiger partial charge in [0, 0.05) is 19.1 Å². The van der Waals surface area contributed by atoms with Crippen molar-refractivity contribution in [1.82, 2.24) is 9.80 Å². The molecule has 1 saturated heterocycles. The van der Waals surface area contributed by atoms with E-state index in [1.807, 2.05) is 35.2 Å². The van der Waals surface area contributed by atoms with Crippen molar-refractivity contribution in [1.29, 1.82) is 0 Å². The van der Waals surface area contributed by atoms with E-state index in [0.717, 1.165) is 30.8 Å². The summed E-state index contributed by atoms with van der Waals surface area (Å²) >= 11 is 0. The molecule has 1 fully saturated rings. The minimum atomic E-state index is -0.00379. The molecule has 1 aromatic carbocycles. The Morgan fingerprint density at radius 3 is 2.90 bits per heavy atom. The van der Waals surface area contributed by atoms with Crippen molar-refractivity contribution in [3.05, 3.63) is 35.9 Å². The number of likely N-dealkylation sites (tertiary alicyclic amines) is 1. The van der Waals surface area contributed by atoms with Gasteiger partial charge in [-0.3, -0.25) is 10.2 Å². The third kappa shape index (κ3) is 2.83. The molecule has 0 saturated carbocycles. The van der Waals surface area contributed by atoms with Crippen molar-refractivity contribution >= 4 is 23.4 Å². The average molecular weight is 284 g/mol. The second-order valence-electron chi connectivity index (χ2n) is 5.69. The van der Waals surface area contributed by atoms with Gasteiger partial charge in [0.1, 0.15) is 5.71 Å². The highest BCUT2D eigenvalue weighted by molar-refractivity contribution is 6.44. The molecule has 1 amide bonds. The number of amides is 1. The number of rotatable bonds is 2. The third-order valence-corrected chi connectivity index (χ3v) is 4.08. The van der Waals surface area contributed by atoms with Gasteiger partial charge in [-0.2, -0.15) is 5.10 Å². The topological polar surface area (TPSA) is 47.9 Å². The van der Waals surface area contributed by atoms with Crippen LogP contribution in [0.25, 0.3) is 6.08 Å². The maximum absolute atomic E-state index is 12.6.